The number of nitro benzene ring substituents is 1. The molecule has 0 amide bonds. The van der Waals surface area contributed by atoms with Crippen LogP contribution in [0.4, 0.5) is 11.4 Å². The first-order valence-corrected chi connectivity index (χ1v) is 5.75. The summed E-state index contributed by atoms with van der Waals surface area (Å²) in [4.78, 5) is 10.2. The summed E-state index contributed by atoms with van der Waals surface area (Å²) in [6.07, 6.45) is 0.719. The Kier molecular flexibility index (Phi) is 5.38. The van der Waals surface area contributed by atoms with Gasteiger partial charge in [0.05, 0.1) is 12.0 Å². The lowest BCUT2D eigenvalue weighted by atomic mass is 10.1. The number of nitro groups is 1. The van der Waals surface area contributed by atoms with Gasteiger partial charge in [0.2, 0.25) is 0 Å². The lowest BCUT2D eigenvalue weighted by Gasteiger charge is -2.13. The Bertz CT molecular complexity index is 409. The first-order chi connectivity index (χ1) is 8.58. The van der Waals surface area contributed by atoms with Crippen LogP contribution in [-0.2, 0) is 0 Å². The van der Waals surface area contributed by atoms with Gasteiger partial charge in [0, 0.05) is 31.0 Å². The maximum atomic E-state index is 10.7. The largest absolute Gasteiger partial charge is 0.490 e. The van der Waals surface area contributed by atoms with Crippen molar-refractivity contribution in [3.63, 3.8) is 0 Å². The minimum Gasteiger partial charge on any atom is -0.490 e. The maximum Gasteiger partial charge on any atom is 0.311 e. The number of ether oxygens (including phenoxy) is 1. The smallest absolute Gasteiger partial charge is 0.311 e. The number of aliphatic hydroxyl groups is 1. The molecule has 1 rings (SSSR count). The molecule has 0 fully saturated rings. The van der Waals surface area contributed by atoms with Gasteiger partial charge in [-0.1, -0.05) is 6.92 Å². The van der Waals surface area contributed by atoms with Crippen LogP contribution in [-0.4, -0.2) is 30.3 Å². The average Bonchev–Trinajstić information content (AvgIpc) is 2.36. The molecule has 18 heavy (non-hydrogen) atoms. The number of hydrogen-bond donors (Lipinski definition) is 2. The molecule has 0 aliphatic carbocycles. The third-order valence-electron chi connectivity index (χ3n) is 2.65. The quantitative estimate of drug-likeness (QED) is 0.574. The fourth-order valence-corrected chi connectivity index (χ4v) is 1.55. The highest BCUT2D eigenvalue weighted by molar-refractivity contribution is 5.57. The van der Waals surface area contributed by atoms with Crippen LogP contribution >= 0.6 is 0 Å². The van der Waals surface area contributed by atoms with Gasteiger partial charge < -0.3 is 15.2 Å². The van der Waals surface area contributed by atoms with E-state index < -0.39 is 4.92 Å². The second-order valence-electron chi connectivity index (χ2n) is 4.14. The highest BCUT2D eigenvalue weighted by atomic mass is 16.6. The van der Waals surface area contributed by atoms with Crippen LogP contribution in [0.3, 0.4) is 0 Å². The highest BCUT2D eigenvalue weighted by Crippen LogP contribution is 2.29. The molecular weight excluding hydrogens is 236 g/mol. The van der Waals surface area contributed by atoms with Crippen molar-refractivity contribution in [3.05, 3.63) is 28.3 Å². The van der Waals surface area contributed by atoms with Crippen LogP contribution in [0.25, 0.3) is 0 Å². The van der Waals surface area contributed by atoms with Crippen LogP contribution < -0.4 is 10.1 Å². The summed E-state index contributed by atoms with van der Waals surface area (Å²) in [5.41, 5.74) is 0.716. The fourth-order valence-electron chi connectivity index (χ4n) is 1.55. The Morgan fingerprint density at radius 2 is 2.28 bits per heavy atom. The molecule has 1 atom stereocenters. The van der Waals surface area contributed by atoms with E-state index in [1.54, 1.807) is 12.1 Å². The summed E-state index contributed by atoms with van der Waals surface area (Å²) < 4.78 is 4.98. The Morgan fingerprint density at radius 1 is 1.56 bits per heavy atom. The summed E-state index contributed by atoms with van der Waals surface area (Å²) in [5.74, 6) is 0.566. The number of nitrogens with zero attached hydrogens (tertiary/aromatic N) is 1. The van der Waals surface area contributed by atoms with E-state index in [9.17, 15) is 10.1 Å². The average molecular weight is 254 g/mol. The van der Waals surface area contributed by atoms with E-state index >= 15 is 0 Å². The van der Waals surface area contributed by atoms with Gasteiger partial charge in [-0.25, -0.2) is 0 Å². The molecule has 0 bridgehead atoms. The first-order valence-electron chi connectivity index (χ1n) is 5.75. The standard InChI is InChI=1S/C12H18N2O4/c1-9(5-6-15)8-13-10-3-4-11(14(16)17)12(7-10)18-2/h3-4,7,9,13,15H,5-6,8H2,1-2H3. The van der Waals surface area contributed by atoms with Crippen LogP contribution in [0, 0.1) is 16.0 Å². The second kappa shape index (κ2) is 6.80. The topological polar surface area (TPSA) is 84.6 Å². The van der Waals surface area contributed by atoms with Crippen molar-refractivity contribution in [2.75, 3.05) is 25.6 Å². The van der Waals surface area contributed by atoms with Crippen molar-refractivity contribution in [3.8, 4) is 5.75 Å². The lowest BCUT2D eigenvalue weighted by molar-refractivity contribution is -0.385. The number of anilines is 1. The maximum absolute atomic E-state index is 10.7. The predicted molar refractivity (Wildman–Crippen MR) is 69.0 cm³/mol. The van der Waals surface area contributed by atoms with E-state index in [0.717, 1.165) is 12.1 Å². The van der Waals surface area contributed by atoms with Gasteiger partial charge in [-0.3, -0.25) is 10.1 Å². The number of rotatable bonds is 7. The molecule has 100 valence electrons. The van der Waals surface area contributed by atoms with E-state index in [1.165, 1.54) is 13.2 Å². The highest BCUT2D eigenvalue weighted by Gasteiger charge is 2.14. The van der Waals surface area contributed by atoms with Crippen LogP contribution in [0.5, 0.6) is 5.75 Å². The van der Waals surface area contributed by atoms with Crippen molar-refractivity contribution in [2.24, 2.45) is 5.92 Å². The molecule has 0 spiro atoms. The van der Waals surface area contributed by atoms with Gasteiger partial charge in [0.1, 0.15) is 0 Å². The van der Waals surface area contributed by atoms with Crippen molar-refractivity contribution in [2.45, 2.75) is 13.3 Å². The van der Waals surface area contributed by atoms with Crippen LogP contribution in [0.1, 0.15) is 13.3 Å². The van der Waals surface area contributed by atoms with Crippen LogP contribution in [0.15, 0.2) is 18.2 Å². The minimum atomic E-state index is -0.475. The van der Waals surface area contributed by atoms with Crippen molar-refractivity contribution < 1.29 is 14.8 Å². The molecule has 0 aromatic heterocycles. The Labute approximate surface area is 106 Å². The third-order valence-corrected chi connectivity index (χ3v) is 2.65. The number of benzene rings is 1. The molecule has 6 heteroatoms. The molecule has 1 aromatic rings. The molecule has 0 radical (unpaired) electrons. The summed E-state index contributed by atoms with van der Waals surface area (Å²) >= 11 is 0. The Morgan fingerprint density at radius 3 is 2.83 bits per heavy atom. The molecule has 0 saturated carbocycles. The Balaban J connectivity index is 2.71. The van der Waals surface area contributed by atoms with Crippen molar-refractivity contribution >= 4 is 11.4 Å². The molecule has 2 N–H and O–H groups in total. The molecule has 1 aromatic carbocycles. The number of nitrogens with one attached hydrogen (secondary N) is 1. The number of aliphatic hydroxyl groups excluding tert-OH is 1. The van der Waals surface area contributed by atoms with Gasteiger partial charge >= 0.3 is 5.69 Å². The van der Waals surface area contributed by atoms with Gasteiger partial charge in [-0.05, 0) is 18.4 Å². The summed E-state index contributed by atoms with van der Waals surface area (Å²) in [6.45, 7) is 2.87. The second-order valence-corrected chi connectivity index (χ2v) is 4.14. The third kappa shape index (κ3) is 3.89. The van der Waals surface area contributed by atoms with Gasteiger partial charge in [-0.2, -0.15) is 0 Å². The van der Waals surface area contributed by atoms with E-state index in [0.29, 0.717) is 12.5 Å². The first kappa shape index (κ1) is 14.2. The molecule has 1 unspecified atom stereocenters. The lowest BCUT2D eigenvalue weighted by Crippen LogP contribution is -2.12. The zero-order valence-electron chi connectivity index (χ0n) is 10.5. The zero-order valence-corrected chi connectivity index (χ0v) is 10.5. The molecule has 0 saturated heterocycles. The molecular formula is C12H18N2O4. The van der Waals surface area contributed by atoms with E-state index in [1.807, 2.05) is 6.92 Å². The van der Waals surface area contributed by atoms with Crippen molar-refractivity contribution in [1.82, 2.24) is 0 Å². The summed E-state index contributed by atoms with van der Waals surface area (Å²) in [6, 6.07) is 4.66. The predicted octanol–water partition coefficient (Wildman–Crippen LogP) is 2.03. The molecule has 6 nitrogen and oxygen atoms in total. The minimum absolute atomic E-state index is 0.0496. The van der Waals surface area contributed by atoms with E-state index in [4.69, 9.17) is 9.84 Å². The van der Waals surface area contributed by atoms with Crippen molar-refractivity contribution in [1.29, 1.82) is 0 Å². The summed E-state index contributed by atoms with van der Waals surface area (Å²) in [7, 11) is 1.40. The summed E-state index contributed by atoms with van der Waals surface area (Å²) in [5, 5.41) is 22.7. The van der Waals surface area contributed by atoms with Crippen LogP contribution in [0.2, 0.25) is 0 Å². The Hall–Kier alpha value is -1.82. The zero-order chi connectivity index (χ0) is 13.5. The molecule has 0 aliphatic heterocycles. The van der Waals surface area contributed by atoms with E-state index in [-0.39, 0.29) is 18.0 Å². The van der Waals surface area contributed by atoms with Gasteiger partial charge in [0.15, 0.2) is 5.75 Å². The van der Waals surface area contributed by atoms with Gasteiger partial charge in [-0.15, -0.1) is 0 Å². The fraction of sp³-hybridized carbons (Fsp3) is 0.500. The van der Waals surface area contributed by atoms with Gasteiger partial charge in [0.25, 0.3) is 0 Å². The normalized spacial score (nSPS) is 11.9. The van der Waals surface area contributed by atoms with E-state index in [2.05, 4.69) is 5.32 Å². The number of methoxy groups -OCH3 is 1. The molecule has 0 aliphatic rings. The SMILES string of the molecule is COc1cc(NCC(C)CCO)ccc1[N+](=O)[O-]. The molecule has 0 heterocycles. The number of hydrogen-bond acceptors (Lipinski definition) is 5. The monoisotopic (exact) mass is 254 g/mol.